The molecular formula is C19H28N4O4S. The molecule has 0 amide bonds. The van der Waals surface area contributed by atoms with E-state index in [1.54, 1.807) is 51.1 Å². The van der Waals surface area contributed by atoms with Crippen molar-refractivity contribution in [3.63, 3.8) is 0 Å². The fraction of sp³-hybridized carbons (Fsp3) is 0.474. The highest BCUT2D eigenvalue weighted by Gasteiger charge is 2.37. The Morgan fingerprint density at radius 1 is 1.18 bits per heavy atom. The maximum absolute atomic E-state index is 12.8. The van der Waals surface area contributed by atoms with Crippen LogP contribution in [0.25, 0.3) is 11.4 Å². The molecular weight excluding hydrogens is 380 g/mol. The van der Waals surface area contributed by atoms with Crippen LogP contribution in [0.5, 0.6) is 0 Å². The van der Waals surface area contributed by atoms with Crippen LogP contribution in [0.15, 0.2) is 30.3 Å². The normalized spacial score (nSPS) is 13.3. The third-order valence-electron chi connectivity index (χ3n) is 4.53. The standard InChI is InChI=1S/C19H28N4O4S/c1-13(12-25)21-17-11-16(19(2,3)28(26,27)10-4-9-24)22-18(23-17)14-5-7-15(20)8-6-14/h5-8,11,13,24-25H,4,9-10,12,20H2,1-3H3,(H,21,22,23)/t13-/m0/s1. The molecule has 9 heteroatoms. The van der Waals surface area contributed by atoms with E-state index in [0.29, 0.717) is 28.6 Å². The van der Waals surface area contributed by atoms with Gasteiger partial charge in [0.15, 0.2) is 15.7 Å². The van der Waals surface area contributed by atoms with Gasteiger partial charge in [0.1, 0.15) is 10.6 Å². The summed E-state index contributed by atoms with van der Waals surface area (Å²) in [6.07, 6.45) is 0.161. The van der Waals surface area contributed by atoms with Gasteiger partial charge in [-0.1, -0.05) is 0 Å². The second-order valence-corrected chi connectivity index (χ2v) is 9.88. The maximum atomic E-state index is 12.8. The summed E-state index contributed by atoms with van der Waals surface area (Å²) in [6, 6.07) is 8.29. The van der Waals surface area contributed by atoms with Crippen molar-refractivity contribution in [2.24, 2.45) is 0 Å². The van der Waals surface area contributed by atoms with E-state index in [2.05, 4.69) is 15.3 Å². The van der Waals surface area contributed by atoms with Gasteiger partial charge in [-0.2, -0.15) is 0 Å². The lowest BCUT2D eigenvalue weighted by Gasteiger charge is -2.25. The molecule has 0 spiro atoms. The highest BCUT2D eigenvalue weighted by molar-refractivity contribution is 7.92. The molecule has 154 valence electrons. The summed E-state index contributed by atoms with van der Waals surface area (Å²) in [7, 11) is -3.58. The van der Waals surface area contributed by atoms with Crippen molar-refractivity contribution in [3.05, 3.63) is 36.0 Å². The molecule has 0 unspecified atom stereocenters. The zero-order valence-electron chi connectivity index (χ0n) is 16.4. The van der Waals surface area contributed by atoms with Gasteiger partial charge in [0.25, 0.3) is 0 Å². The molecule has 8 nitrogen and oxygen atoms in total. The smallest absolute Gasteiger partial charge is 0.161 e. The number of aliphatic hydroxyl groups is 2. The highest BCUT2D eigenvalue weighted by atomic mass is 32.2. The van der Waals surface area contributed by atoms with Gasteiger partial charge in [0.2, 0.25) is 0 Å². The Morgan fingerprint density at radius 3 is 2.39 bits per heavy atom. The molecule has 0 fully saturated rings. The number of nitrogens with two attached hydrogens (primary N) is 1. The summed E-state index contributed by atoms with van der Waals surface area (Å²) >= 11 is 0. The van der Waals surface area contributed by atoms with Crippen LogP contribution in [0.2, 0.25) is 0 Å². The van der Waals surface area contributed by atoms with E-state index in [-0.39, 0.29) is 31.4 Å². The second kappa shape index (κ2) is 8.85. The lowest BCUT2D eigenvalue weighted by molar-refractivity contribution is 0.281. The largest absolute Gasteiger partial charge is 0.399 e. The molecule has 28 heavy (non-hydrogen) atoms. The van der Waals surface area contributed by atoms with Crippen LogP contribution in [0, 0.1) is 0 Å². The van der Waals surface area contributed by atoms with Crippen molar-refractivity contribution >= 4 is 21.3 Å². The minimum Gasteiger partial charge on any atom is -0.399 e. The van der Waals surface area contributed by atoms with Gasteiger partial charge < -0.3 is 21.3 Å². The fourth-order valence-electron chi connectivity index (χ4n) is 2.56. The number of nitrogens with zero attached hydrogens (tertiary/aromatic N) is 2. The average Bonchev–Trinajstić information content (AvgIpc) is 2.66. The van der Waals surface area contributed by atoms with Crippen molar-refractivity contribution in [2.45, 2.75) is 38.0 Å². The lowest BCUT2D eigenvalue weighted by Crippen LogP contribution is -2.33. The number of anilines is 2. The van der Waals surface area contributed by atoms with Crippen molar-refractivity contribution in [1.29, 1.82) is 0 Å². The number of hydrogen-bond donors (Lipinski definition) is 4. The summed E-state index contributed by atoms with van der Waals surface area (Å²) in [5.74, 6) is 0.632. The van der Waals surface area contributed by atoms with Crippen LogP contribution < -0.4 is 11.1 Å². The zero-order valence-corrected chi connectivity index (χ0v) is 17.2. The first-order chi connectivity index (χ1) is 13.1. The second-order valence-electron chi connectivity index (χ2n) is 7.22. The van der Waals surface area contributed by atoms with Gasteiger partial charge in [-0.15, -0.1) is 0 Å². The molecule has 1 heterocycles. The first-order valence-corrected chi connectivity index (χ1v) is 10.7. The van der Waals surface area contributed by atoms with Gasteiger partial charge in [-0.05, 0) is 51.5 Å². The van der Waals surface area contributed by atoms with E-state index in [4.69, 9.17) is 10.8 Å². The predicted molar refractivity (Wildman–Crippen MR) is 111 cm³/mol. The van der Waals surface area contributed by atoms with E-state index in [9.17, 15) is 13.5 Å². The van der Waals surface area contributed by atoms with Crippen LogP contribution in [-0.2, 0) is 14.6 Å². The molecule has 1 aromatic carbocycles. The van der Waals surface area contributed by atoms with Gasteiger partial charge in [-0.3, -0.25) is 0 Å². The number of rotatable bonds is 9. The number of nitrogens with one attached hydrogen (secondary N) is 1. The Kier molecular flexibility index (Phi) is 6.97. The van der Waals surface area contributed by atoms with E-state index < -0.39 is 14.6 Å². The van der Waals surface area contributed by atoms with Gasteiger partial charge >= 0.3 is 0 Å². The molecule has 5 N–H and O–H groups in total. The summed E-state index contributed by atoms with van der Waals surface area (Å²) in [5.41, 5.74) is 7.36. The van der Waals surface area contributed by atoms with Crippen molar-refractivity contribution < 1.29 is 18.6 Å². The van der Waals surface area contributed by atoms with E-state index in [0.717, 1.165) is 0 Å². The summed E-state index contributed by atoms with van der Waals surface area (Å²) in [5, 5.41) is 21.4. The minimum atomic E-state index is -3.58. The van der Waals surface area contributed by atoms with Crippen LogP contribution >= 0.6 is 0 Å². The molecule has 2 aromatic rings. The van der Waals surface area contributed by atoms with Gasteiger partial charge in [-0.25, -0.2) is 18.4 Å². The first-order valence-electron chi connectivity index (χ1n) is 9.06. The molecule has 1 aromatic heterocycles. The van der Waals surface area contributed by atoms with E-state index in [1.165, 1.54) is 0 Å². The van der Waals surface area contributed by atoms with E-state index >= 15 is 0 Å². The Bertz CT molecular complexity index is 899. The Hall–Kier alpha value is -2.23. The van der Waals surface area contributed by atoms with E-state index in [1.807, 2.05) is 0 Å². The molecule has 2 rings (SSSR count). The number of benzene rings is 1. The number of aromatic nitrogens is 2. The van der Waals surface area contributed by atoms with Crippen LogP contribution in [-0.4, -0.2) is 53.6 Å². The topological polar surface area (TPSA) is 138 Å². The Balaban J connectivity index is 2.57. The van der Waals surface area contributed by atoms with Crippen molar-refractivity contribution in [1.82, 2.24) is 9.97 Å². The number of nitrogen functional groups attached to an aromatic ring is 1. The van der Waals surface area contributed by atoms with Crippen molar-refractivity contribution in [2.75, 3.05) is 30.0 Å². The van der Waals surface area contributed by atoms with Crippen LogP contribution in [0.1, 0.15) is 32.9 Å². The third kappa shape index (κ3) is 4.98. The molecule has 0 radical (unpaired) electrons. The summed E-state index contributed by atoms with van der Waals surface area (Å²) in [6.45, 7) is 4.67. The number of hydrogen-bond acceptors (Lipinski definition) is 8. The molecule has 0 saturated carbocycles. The fourth-order valence-corrected chi connectivity index (χ4v) is 4.00. The Labute approximate surface area is 165 Å². The number of aliphatic hydroxyl groups excluding tert-OH is 2. The van der Waals surface area contributed by atoms with Crippen LogP contribution in [0.3, 0.4) is 0 Å². The molecule has 1 atom stereocenters. The minimum absolute atomic E-state index is 0.102. The van der Waals surface area contributed by atoms with Crippen molar-refractivity contribution in [3.8, 4) is 11.4 Å². The molecule has 0 saturated heterocycles. The van der Waals surface area contributed by atoms with Gasteiger partial charge in [0, 0.05) is 30.0 Å². The van der Waals surface area contributed by atoms with Gasteiger partial charge in [0.05, 0.1) is 18.1 Å². The predicted octanol–water partition coefficient (Wildman–Crippen LogP) is 1.55. The molecule has 0 aliphatic rings. The monoisotopic (exact) mass is 408 g/mol. The third-order valence-corrected chi connectivity index (χ3v) is 7.12. The Morgan fingerprint density at radius 2 is 1.82 bits per heavy atom. The SMILES string of the molecule is C[C@@H](CO)Nc1cc(C(C)(C)S(=O)(=O)CCCO)nc(-c2ccc(N)cc2)n1. The quantitative estimate of drug-likeness (QED) is 0.459. The summed E-state index contributed by atoms with van der Waals surface area (Å²) in [4.78, 5) is 8.99. The zero-order chi connectivity index (χ0) is 20.9. The number of sulfone groups is 1. The maximum Gasteiger partial charge on any atom is 0.161 e. The molecule has 0 bridgehead atoms. The highest BCUT2D eigenvalue weighted by Crippen LogP contribution is 2.32. The first kappa shape index (κ1) is 22.1. The average molecular weight is 409 g/mol. The summed E-state index contributed by atoms with van der Waals surface area (Å²) < 4.78 is 24.4. The molecule has 0 aliphatic heterocycles. The lowest BCUT2D eigenvalue weighted by atomic mass is 10.1. The molecule has 0 aliphatic carbocycles. The van der Waals surface area contributed by atoms with Crippen LogP contribution in [0.4, 0.5) is 11.5 Å².